The third-order valence-corrected chi connectivity index (χ3v) is 6.08. The van der Waals surface area contributed by atoms with Gasteiger partial charge < -0.3 is 15.0 Å². The minimum atomic E-state index is -0.726. The number of benzene rings is 3. The van der Waals surface area contributed by atoms with Crippen LogP contribution in [-0.4, -0.2) is 22.9 Å². The molecule has 0 radical (unpaired) electrons. The van der Waals surface area contributed by atoms with Crippen LogP contribution in [0.1, 0.15) is 42.3 Å². The number of nitrogens with two attached hydrogens (primary N) is 1. The monoisotopic (exact) mass is 513 g/mol. The van der Waals surface area contributed by atoms with Crippen molar-refractivity contribution in [2.24, 2.45) is 10.7 Å². The zero-order valence-electron chi connectivity index (χ0n) is 21.4. The van der Waals surface area contributed by atoms with Crippen molar-refractivity contribution in [3.05, 3.63) is 101 Å². The summed E-state index contributed by atoms with van der Waals surface area (Å²) in [6.45, 7) is 4.76. The lowest BCUT2D eigenvalue weighted by atomic mass is 9.99. The lowest BCUT2D eigenvalue weighted by Crippen LogP contribution is -2.16. The van der Waals surface area contributed by atoms with Crippen LogP contribution < -0.4 is 5.73 Å². The van der Waals surface area contributed by atoms with Crippen LogP contribution in [0.15, 0.2) is 82.3 Å². The first-order valence-electron chi connectivity index (χ1n) is 12.1. The van der Waals surface area contributed by atoms with Gasteiger partial charge in [0.15, 0.2) is 5.76 Å². The van der Waals surface area contributed by atoms with Gasteiger partial charge in [-0.1, -0.05) is 71.9 Å². The highest BCUT2D eigenvalue weighted by atomic mass is 19.1. The predicted octanol–water partition coefficient (Wildman–Crippen LogP) is 5.75. The summed E-state index contributed by atoms with van der Waals surface area (Å²) in [4.78, 5) is 27.5. The zero-order valence-corrected chi connectivity index (χ0v) is 21.4. The van der Waals surface area contributed by atoms with Crippen LogP contribution in [0.2, 0.25) is 0 Å². The number of aliphatic imine (C=N–C) groups is 1. The molecule has 8 heteroatoms. The molecule has 1 aromatic heterocycles. The largest absolute Gasteiger partial charge is 0.457 e. The molecule has 1 heterocycles. The molecule has 0 aliphatic carbocycles. The highest BCUT2D eigenvalue weighted by molar-refractivity contribution is 5.93. The number of carbonyl (C=O) groups is 2. The third-order valence-electron chi connectivity index (χ3n) is 6.08. The maximum Gasteiger partial charge on any atom is 0.311 e. The van der Waals surface area contributed by atoms with Crippen LogP contribution in [0.4, 0.5) is 4.39 Å². The Hall–Kier alpha value is -4.59. The fourth-order valence-electron chi connectivity index (χ4n) is 4.16. The molecule has 1 amide bonds. The topological polar surface area (TPSA) is 108 Å². The van der Waals surface area contributed by atoms with Gasteiger partial charge in [0.05, 0.1) is 12.1 Å². The second kappa shape index (κ2) is 11.6. The lowest BCUT2D eigenvalue weighted by molar-refractivity contribution is -0.147. The van der Waals surface area contributed by atoms with Crippen molar-refractivity contribution in [3.8, 4) is 22.5 Å². The number of amides is 1. The molecule has 38 heavy (non-hydrogen) atoms. The Balaban J connectivity index is 1.46. The number of ether oxygens (including phenoxy) is 1. The number of halogens is 1. The average molecular weight is 514 g/mol. The SMILES string of the molecule is CC(=O)N=C(N)Cc1ccc(-c2ccc(-c3onc(C)c3CC(=O)O[C@H](C)c3ccccc3F)cc2)cc1. The zero-order chi connectivity index (χ0) is 27.2. The van der Waals surface area contributed by atoms with E-state index in [0.29, 0.717) is 29.0 Å². The van der Waals surface area contributed by atoms with Crippen molar-refractivity contribution in [2.45, 2.75) is 39.7 Å². The van der Waals surface area contributed by atoms with Crippen LogP contribution in [0.25, 0.3) is 22.5 Å². The Morgan fingerprint density at radius 1 is 0.974 bits per heavy atom. The molecule has 4 aromatic rings. The van der Waals surface area contributed by atoms with Crippen LogP contribution in [-0.2, 0) is 27.2 Å². The first-order valence-corrected chi connectivity index (χ1v) is 12.1. The molecule has 0 saturated heterocycles. The van der Waals surface area contributed by atoms with E-state index in [1.54, 1.807) is 32.0 Å². The highest BCUT2D eigenvalue weighted by Gasteiger charge is 2.21. The Morgan fingerprint density at radius 3 is 2.21 bits per heavy atom. The first-order chi connectivity index (χ1) is 18.2. The smallest absolute Gasteiger partial charge is 0.311 e. The van der Waals surface area contributed by atoms with E-state index in [-0.39, 0.29) is 18.2 Å². The molecular formula is C30H28FN3O4. The number of carbonyl (C=O) groups excluding carboxylic acids is 2. The van der Waals surface area contributed by atoms with Crippen molar-refractivity contribution < 1.29 is 23.2 Å². The number of hydrogen-bond donors (Lipinski definition) is 1. The number of esters is 1. The third kappa shape index (κ3) is 6.39. The van der Waals surface area contributed by atoms with Crippen molar-refractivity contribution in [1.82, 2.24) is 5.16 Å². The minimum absolute atomic E-state index is 0.0528. The van der Waals surface area contributed by atoms with Crippen LogP contribution in [0, 0.1) is 12.7 Å². The van der Waals surface area contributed by atoms with Gasteiger partial charge in [-0.3, -0.25) is 9.59 Å². The number of aromatic nitrogens is 1. The molecule has 0 bridgehead atoms. The molecule has 4 rings (SSSR count). The molecule has 1 atom stereocenters. The van der Waals surface area contributed by atoms with E-state index in [9.17, 15) is 14.0 Å². The van der Waals surface area contributed by atoms with Gasteiger partial charge >= 0.3 is 5.97 Å². The van der Waals surface area contributed by atoms with Crippen molar-refractivity contribution in [3.63, 3.8) is 0 Å². The van der Waals surface area contributed by atoms with E-state index in [2.05, 4.69) is 10.1 Å². The fourth-order valence-corrected chi connectivity index (χ4v) is 4.16. The molecule has 194 valence electrons. The molecule has 3 aromatic carbocycles. The van der Waals surface area contributed by atoms with Gasteiger partial charge in [-0.2, -0.15) is 0 Å². The van der Waals surface area contributed by atoms with Gasteiger partial charge in [-0.25, -0.2) is 9.38 Å². The van der Waals surface area contributed by atoms with E-state index in [4.69, 9.17) is 15.0 Å². The van der Waals surface area contributed by atoms with Crippen molar-refractivity contribution in [1.29, 1.82) is 0 Å². The molecule has 0 fully saturated rings. The number of aryl methyl sites for hydroxylation is 1. The van der Waals surface area contributed by atoms with Crippen LogP contribution >= 0.6 is 0 Å². The van der Waals surface area contributed by atoms with Gasteiger partial charge in [0.1, 0.15) is 17.8 Å². The second-order valence-corrected chi connectivity index (χ2v) is 8.98. The Morgan fingerprint density at radius 2 is 1.58 bits per heavy atom. The predicted molar refractivity (Wildman–Crippen MR) is 143 cm³/mol. The van der Waals surface area contributed by atoms with E-state index in [0.717, 1.165) is 22.3 Å². The standard InChI is InChI=1S/C30H28FN3O4/c1-18-26(17-29(36)37-19(2)25-6-4-5-7-27(25)31)30(38-34-18)24-14-12-23(13-15-24)22-10-8-21(9-11-22)16-28(32)33-20(3)35/h4-15,19H,16-17H2,1-3H3,(H2,32,33,35)/t19-/m1/s1. The van der Waals surface area contributed by atoms with E-state index in [1.165, 1.54) is 13.0 Å². The maximum atomic E-state index is 14.0. The van der Waals surface area contributed by atoms with E-state index in [1.807, 2.05) is 48.5 Å². The van der Waals surface area contributed by atoms with Gasteiger partial charge in [0.2, 0.25) is 5.91 Å². The number of hydrogen-bond acceptors (Lipinski definition) is 5. The molecule has 0 aliphatic rings. The molecular weight excluding hydrogens is 485 g/mol. The number of amidine groups is 1. The first kappa shape index (κ1) is 26.5. The normalized spacial score (nSPS) is 12.3. The highest BCUT2D eigenvalue weighted by Crippen LogP contribution is 2.30. The summed E-state index contributed by atoms with van der Waals surface area (Å²) < 4.78 is 25.1. The van der Waals surface area contributed by atoms with Gasteiger partial charge in [-0.15, -0.1) is 0 Å². The summed E-state index contributed by atoms with van der Waals surface area (Å²) in [6, 6.07) is 21.8. The molecule has 0 spiro atoms. The van der Waals surface area contributed by atoms with Crippen LogP contribution in [0.5, 0.6) is 0 Å². The molecule has 2 N–H and O–H groups in total. The average Bonchev–Trinajstić information content (AvgIpc) is 3.24. The summed E-state index contributed by atoms with van der Waals surface area (Å²) in [6.07, 6.45) is -0.382. The Labute approximate surface area is 220 Å². The molecule has 0 unspecified atom stereocenters. The van der Waals surface area contributed by atoms with Gasteiger partial charge in [0.25, 0.3) is 0 Å². The fraction of sp³-hybridized carbons (Fsp3) is 0.200. The summed E-state index contributed by atoms with van der Waals surface area (Å²) in [7, 11) is 0. The number of nitrogens with zero attached hydrogens (tertiary/aromatic N) is 2. The lowest BCUT2D eigenvalue weighted by Gasteiger charge is -2.14. The van der Waals surface area contributed by atoms with Gasteiger partial charge in [0, 0.05) is 30.0 Å². The Kier molecular flexibility index (Phi) is 8.11. The molecule has 7 nitrogen and oxygen atoms in total. The van der Waals surface area contributed by atoms with E-state index < -0.39 is 17.9 Å². The van der Waals surface area contributed by atoms with Crippen molar-refractivity contribution in [2.75, 3.05) is 0 Å². The summed E-state index contributed by atoms with van der Waals surface area (Å²) in [5.41, 5.74) is 11.0. The van der Waals surface area contributed by atoms with Crippen LogP contribution in [0.3, 0.4) is 0 Å². The number of rotatable bonds is 8. The summed E-state index contributed by atoms with van der Waals surface area (Å²) >= 11 is 0. The molecule has 0 saturated carbocycles. The van der Waals surface area contributed by atoms with Gasteiger partial charge in [-0.05, 0) is 36.6 Å². The van der Waals surface area contributed by atoms with Crippen molar-refractivity contribution >= 4 is 17.7 Å². The molecule has 0 aliphatic heterocycles. The Bertz CT molecular complexity index is 1470. The summed E-state index contributed by atoms with van der Waals surface area (Å²) in [5, 5.41) is 4.05. The maximum absolute atomic E-state index is 14.0. The minimum Gasteiger partial charge on any atom is -0.457 e. The van der Waals surface area contributed by atoms with E-state index >= 15 is 0 Å². The second-order valence-electron chi connectivity index (χ2n) is 8.98. The quantitative estimate of drug-likeness (QED) is 0.183. The summed E-state index contributed by atoms with van der Waals surface area (Å²) in [5.74, 6) is -0.480.